The van der Waals surface area contributed by atoms with Crippen molar-refractivity contribution >= 4 is 17.6 Å². The molecule has 1 aliphatic rings. The summed E-state index contributed by atoms with van der Waals surface area (Å²) in [4.78, 5) is 24.9. The van der Waals surface area contributed by atoms with Crippen molar-refractivity contribution in [2.45, 2.75) is 26.2 Å². The molecule has 1 aromatic rings. The van der Waals surface area contributed by atoms with Gasteiger partial charge in [0.05, 0.1) is 5.69 Å². The number of amides is 3. The normalized spacial score (nSPS) is 19.5. The summed E-state index contributed by atoms with van der Waals surface area (Å²) < 4.78 is 0. The number of nitrogens with zero attached hydrogens (tertiary/aromatic N) is 3. The summed E-state index contributed by atoms with van der Waals surface area (Å²) in [7, 11) is 0. The molecule has 0 spiro atoms. The molecule has 112 valence electrons. The number of nitrogens with two attached hydrogens (primary N) is 1. The molecular formula is C15H20N4O2. The van der Waals surface area contributed by atoms with Crippen molar-refractivity contribution in [3.8, 4) is 0 Å². The van der Waals surface area contributed by atoms with E-state index in [1.807, 2.05) is 4.90 Å². The summed E-state index contributed by atoms with van der Waals surface area (Å²) in [6, 6.07) is 5.87. The molecule has 0 aromatic heterocycles. The van der Waals surface area contributed by atoms with Crippen LogP contribution in [0.1, 0.15) is 36.5 Å². The minimum Gasteiger partial charge on any atom is -0.348 e. The summed E-state index contributed by atoms with van der Waals surface area (Å²) in [6.07, 6.45) is 3.28. The number of benzene rings is 1. The quantitative estimate of drug-likeness (QED) is 0.847. The van der Waals surface area contributed by atoms with Crippen LogP contribution in [0.4, 0.5) is 10.5 Å². The predicted octanol–water partition coefficient (Wildman–Crippen LogP) is 3.11. The number of rotatable bonds is 2. The molecule has 1 unspecified atom stereocenters. The van der Waals surface area contributed by atoms with E-state index < -0.39 is 6.03 Å². The minimum atomic E-state index is -0.839. The van der Waals surface area contributed by atoms with Gasteiger partial charge in [-0.2, -0.15) is 0 Å². The van der Waals surface area contributed by atoms with Crippen molar-refractivity contribution in [3.63, 3.8) is 0 Å². The van der Waals surface area contributed by atoms with Gasteiger partial charge in [-0.3, -0.25) is 4.79 Å². The van der Waals surface area contributed by atoms with Crippen LogP contribution in [-0.2, 0) is 0 Å². The Morgan fingerprint density at radius 1 is 1.19 bits per heavy atom. The molecule has 21 heavy (non-hydrogen) atoms. The second-order valence-corrected chi connectivity index (χ2v) is 5.41. The van der Waals surface area contributed by atoms with Crippen LogP contribution in [0.2, 0.25) is 0 Å². The van der Waals surface area contributed by atoms with Crippen molar-refractivity contribution in [2.24, 2.45) is 21.9 Å². The highest BCUT2D eigenvalue weighted by Crippen LogP contribution is 2.19. The Bertz CT molecular complexity index is 539. The van der Waals surface area contributed by atoms with Crippen LogP contribution in [-0.4, -0.2) is 29.9 Å². The smallest absolute Gasteiger partial charge is 0.348 e. The van der Waals surface area contributed by atoms with Crippen LogP contribution in [0.25, 0.3) is 0 Å². The fourth-order valence-corrected chi connectivity index (χ4v) is 2.43. The first-order chi connectivity index (χ1) is 10.1. The van der Waals surface area contributed by atoms with Gasteiger partial charge in [-0.1, -0.05) is 12.0 Å². The number of hydrogen-bond donors (Lipinski definition) is 1. The Balaban J connectivity index is 2.04. The van der Waals surface area contributed by atoms with Gasteiger partial charge in [0.15, 0.2) is 0 Å². The topological polar surface area (TPSA) is 88.1 Å². The maximum Gasteiger partial charge on any atom is 0.356 e. The third-order valence-corrected chi connectivity index (χ3v) is 3.68. The zero-order valence-corrected chi connectivity index (χ0v) is 12.2. The molecule has 0 saturated carbocycles. The SMILES string of the molecule is CC1CCCN(C(=O)c2ccc(N=NC(N)=O)cc2)CC1. The molecular weight excluding hydrogens is 268 g/mol. The van der Waals surface area contributed by atoms with Gasteiger partial charge in [-0.25, -0.2) is 4.79 Å². The Hall–Kier alpha value is -2.24. The average molecular weight is 288 g/mol. The molecule has 6 heteroatoms. The van der Waals surface area contributed by atoms with E-state index in [0.29, 0.717) is 17.2 Å². The van der Waals surface area contributed by atoms with Gasteiger partial charge in [0.25, 0.3) is 5.91 Å². The van der Waals surface area contributed by atoms with Gasteiger partial charge in [0.2, 0.25) is 0 Å². The summed E-state index contributed by atoms with van der Waals surface area (Å²) in [6.45, 7) is 3.85. The molecule has 3 amide bonds. The fourth-order valence-electron chi connectivity index (χ4n) is 2.43. The number of urea groups is 1. The van der Waals surface area contributed by atoms with Crippen LogP contribution >= 0.6 is 0 Å². The number of likely N-dealkylation sites (tertiary alicyclic amines) is 1. The summed E-state index contributed by atoms with van der Waals surface area (Å²) in [5, 5.41) is 6.92. The van der Waals surface area contributed by atoms with Crippen LogP contribution in [0.15, 0.2) is 34.5 Å². The standard InChI is InChI=1S/C15H20N4O2/c1-11-3-2-9-19(10-8-11)14(20)12-4-6-13(7-5-12)17-18-15(16)21/h4-7,11H,2-3,8-10H2,1H3,(H2,16,21). The highest BCUT2D eigenvalue weighted by molar-refractivity contribution is 5.94. The van der Waals surface area contributed by atoms with Crippen molar-refractivity contribution < 1.29 is 9.59 Å². The predicted molar refractivity (Wildman–Crippen MR) is 79.5 cm³/mol. The molecule has 1 fully saturated rings. The lowest BCUT2D eigenvalue weighted by Crippen LogP contribution is -2.31. The molecule has 1 aliphatic heterocycles. The monoisotopic (exact) mass is 288 g/mol. The maximum atomic E-state index is 12.4. The molecule has 1 atom stereocenters. The van der Waals surface area contributed by atoms with E-state index in [0.717, 1.165) is 25.9 Å². The van der Waals surface area contributed by atoms with Crippen LogP contribution < -0.4 is 5.73 Å². The minimum absolute atomic E-state index is 0.0440. The zero-order valence-electron chi connectivity index (χ0n) is 12.2. The fraction of sp³-hybridized carbons (Fsp3) is 0.467. The zero-order chi connectivity index (χ0) is 15.2. The van der Waals surface area contributed by atoms with Gasteiger partial charge >= 0.3 is 6.03 Å². The summed E-state index contributed by atoms with van der Waals surface area (Å²) >= 11 is 0. The van der Waals surface area contributed by atoms with Gasteiger partial charge in [-0.05, 0) is 49.4 Å². The first-order valence-corrected chi connectivity index (χ1v) is 7.17. The highest BCUT2D eigenvalue weighted by Gasteiger charge is 2.19. The lowest BCUT2D eigenvalue weighted by atomic mass is 10.0. The molecule has 1 saturated heterocycles. The van der Waals surface area contributed by atoms with Gasteiger partial charge in [-0.15, -0.1) is 5.11 Å². The van der Waals surface area contributed by atoms with E-state index in [-0.39, 0.29) is 5.91 Å². The molecule has 1 aromatic carbocycles. The Morgan fingerprint density at radius 3 is 2.57 bits per heavy atom. The first-order valence-electron chi connectivity index (χ1n) is 7.17. The van der Waals surface area contributed by atoms with E-state index in [1.54, 1.807) is 24.3 Å². The van der Waals surface area contributed by atoms with Crippen molar-refractivity contribution in [2.75, 3.05) is 13.1 Å². The van der Waals surface area contributed by atoms with E-state index >= 15 is 0 Å². The Labute approximate surface area is 124 Å². The molecule has 6 nitrogen and oxygen atoms in total. The molecule has 2 rings (SSSR count). The summed E-state index contributed by atoms with van der Waals surface area (Å²) in [5.41, 5.74) is 6.00. The molecule has 0 radical (unpaired) electrons. The second kappa shape index (κ2) is 6.97. The average Bonchev–Trinajstić information content (AvgIpc) is 2.69. The molecule has 0 aliphatic carbocycles. The second-order valence-electron chi connectivity index (χ2n) is 5.41. The van der Waals surface area contributed by atoms with Crippen molar-refractivity contribution in [3.05, 3.63) is 29.8 Å². The Morgan fingerprint density at radius 2 is 1.90 bits per heavy atom. The number of azo groups is 1. The molecule has 1 heterocycles. The van der Waals surface area contributed by atoms with Gasteiger partial charge in [0, 0.05) is 18.7 Å². The highest BCUT2D eigenvalue weighted by atomic mass is 16.2. The van der Waals surface area contributed by atoms with Gasteiger partial charge < -0.3 is 10.6 Å². The number of carbonyl (C=O) groups is 2. The lowest BCUT2D eigenvalue weighted by molar-refractivity contribution is 0.0760. The third kappa shape index (κ3) is 4.37. The molecule has 0 bridgehead atoms. The summed E-state index contributed by atoms with van der Waals surface area (Å²) in [5.74, 6) is 0.724. The van der Waals surface area contributed by atoms with Crippen LogP contribution in [0.3, 0.4) is 0 Å². The largest absolute Gasteiger partial charge is 0.356 e. The third-order valence-electron chi connectivity index (χ3n) is 3.68. The van der Waals surface area contributed by atoms with Crippen LogP contribution in [0.5, 0.6) is 0 Å². The maximum absolute atomic E-state index is 12.4. The van der Waals surface area contributed by atoms with E-state index in [9.17, 15) is 9.59 Å². The van der Waals surface area contributed by atoms with E-state index in [1.165, 1.54) is 6.42 Å². The number of primary amides is 1. The number of hydrogen-bond acceptors (Lipinski definition) is 3. The van der Waals surface area contributed by atoms with Crippen molar-refractivity contribution in [1.29, 1.82) is 0 Å². The van der Waals surface area contributed by atoms with E-state index in [4.69, 9.17) is 5.73 Å². The Kier molecular flexibility index (Phi) is 5.03. The first kappa shape index (κ1) is 15.2. The number of carbonyl (C=O) groups excluding carboxylic acids is 2. The van der Waals surface area contributed by atoms with E-state index in [2.05, 4.69) is 17.2 Å². The van der Waals surface area contributed by atoms with Crippen LogP contribution in [0, 0.1) is 5.92 Å². The van der Waals surface area contributed by atoms with Gasteiger partial charge in [0.1, 0.15) is 0 Å². The molecule has 2 N–H and O–H groups in total. The van der Waals surface area contributed by atoms with Crippen molar-refractivity contribution in [1.82, 2.24) is 4.90 Å². The lowest BCUT2D eigenvalue weighted by Gasteiger charge is -2.20.